The topological polar surface area (TPSA) is 105 Å². The maximum Gasteiger partial charge on any atom is 0.340 e. The Hall–Kier alpha value is -2.52. The molecule has 9 heteroatoms. The number of carboxylic acids is 1. The number of aliphatic hydroxyl groups excluding tert-OH is 1. The molecule has 0 radical (unpaired) electrons. The molecule has 126 valence electrons. The van der Waals surface area contributed by atoms with E-state index >= 15 is 0 Å². The van der Waals surface area contributed by atoms with E-state index in [0.29, 0.717) is 6.07 Å². The molecular weight excluding hydrogens is 316 g/mol. The summed E-state index contributed by atoms with van der Waals surface area (Å²) in [7, 11) is 2.16. The van der Waals surface area contributed by atoms with Gasteiger partial charge in [0.15, 0.2) is 12.3 Å². The number of methoxy groups -OCH3 is 2. The first kappa shape index (κ1) is 18.5. The molecule has 0 bridgehead atoms. The second-order valence-corrected chi connectivity index (χ2v) is 4.28. The summed E-state index contributed by atoms with van der Waals surface area (Å²) in [5.41, 5.74) is -0.782. The lowest BCUT2D eigenvalue weighted by molar-refractivity contribution is -0.142. The van der Waals surface area contributed by atoms with Crippen molar-refractivity contribution in [1.82, 2.24) is 5.32 Å². The molecule has 2 unspecified atom stereocenters. The molecule has 0 saturated carbocycles. The average Bonchev–Trinajstić information content (AvgIpc) is 2.51. The highest BCUT2D eigenvalue weighted by molar-refractivity contribution is 5.89. The fraction of sp³-hybridized carbons (Fsp3) is 0.286. The Labute approximate surface area is 130 Å². The van der Waals surface area contributed by atoms with Gasteiger partial charge < -0.3 is 25.0 Å². The first-order valence-electron chi connectivity index (χ1n) is 6.24. The maximum atomic E-state index is 13.7. The van der Waals surface area contributed by atoms with Gasteiger partial charge in [-0.05, 0) is 6.07 Å². The SMILES string of the molecule is COC(=O)/C(=C/NC(C(=O)O)c1ccc(F)cc1F)C(O)OC. The van der Waals surface area contributed by atoms with Gasteiger partial charge >= 0.3 is 11.9 Å². The van der Waals surface area contributed by atoms with Crippen molar-refractivity contribution in [3.05, 3.63) is 47.2 Å². The molecule has 3 N–H and O–H groups in total. The van der Waals surface area contributed by atoms with Crippen LogP contribution in [0.2, 0.25) is 0 Å². The highest BCUT2D eigenvalue weighted by Gasteiger charge is 2.25. The number of hydrogen-bond acceptors (Lipinski definition) is 6. The van der Waals surface area contributed by atoms with Crippen molar-refractivity contribution < 1.29 is 38.1 Å². The number of ether oxygens (including phenoxy) is 2. The highest BCUT2D eigenvalue weighted by Crippen LogP contribution is 2.19. The van der Waals surface area contributed by atoms with Crippen LogP contribution in [0.25, 0.3) is 0 Å². The van der Waals surface area contributed by atoms with Gasteiger partial charge in [-0.2, -0.15) is 0 Å². The van der Waals surface area contributed by atoms with Crippen LogP contribution in [0.5, 0.6) is 0 Å². The van der Waals surface area contributed by atoms with E-state index in [2.05, 4.69) is 14.8 Å². The van der Waals surface area contributed by atoms with E-state index in [0.717, 1.165) is 32.6 Å². The summed E-state index contributed by atoms with van der Waals surface area (Å²) in [5.74, 6) is -4.40. The summed E-state index contributed by atoms with van der Waals surface area (Å²) in [6.07, 6.45) is -0.843. The van der Waals surface area contributed by atoms with Crippen LogP contribution in [0.15, 0.2) is 30.0 Å². The quantitative estimate of drug-likeness (QED) is 0.384. The third kappa shape index (κ3) is 4.73. The van der Waals surface area contributed by atoms with Crippen molar-refractivity contribution in [3.8, 4) is 0 Å². The molecular formula is C14H15F2NO6. The molecule has 1 aromatic rings. The monoisotopic (exact) mass is 331 g/mol. The second kappa shape index (κ2) is 8.20. The Morgan fingerprint density at radius 1 is 1.30 bits per heavy atom. The minimum absolute atomic E-state index is 0.355. The zero-order valence-electron chi connectivity index (χ0n) is 12.2. The molecule has 0 amide bonds. The highest BCUT2D eigenvalue weighted by atomic mass is 19.1. The standard InChI is InChI=1S/C14H15F2NO6/c1-22-13(20)9(14(21)23-2)6-17-11(12(18)19)8-4-3-7(15)5-10(8)16/h3-6,11,13,17,20H,1-2H3,(H,18,19)/b9-6+. The predicted octanol–water partition coefficient (Wildman–Crippen LogP) is 0.702. The van der Waals surface area contributed by atoms with Gasteiger partial charge in [-0.25, -0.2) is 18.4 Å². The zero-order chi connectivity index (χ0) is 17.6. The number of carboxylic acid groups (broad SMARTS) is 1. The van der Waals surface area contributed by atoms with Gasteiger partial charge in [-0.15, -0.1) is 0 Å². The Kier molecular flexibility index (Phi) is 6.61. The summed E-state index contributed by atoms with van der Waals surface area (Å²) in [6.45, 7) is 0. The van der Waals surface area contributed by atoms with Crippen molar-refractivity contribution in [1.29, 1.82) is 0 Å². The molecule has 0 aromatic heterocycles. The Morgan fingerprint density at radius 3 is 2.43 bits per heavy atom. The van der Waals surface area contributed by atoms with E-state index in [9.17, 15) is 23.5 Å². The number of hydrogen-bond donors (Lipinski definition) is 3. The number of carbonyl (C=O) groups is 2. The first-order valence-corrected chi connectivity index (χ1v) is 6.24. The molecule has 2 atom stereocenters. The van der Waals surface area contributed by atoms with Crippen molar-refractivity contribution >= 4 is 11.9 Å². The van der Waals surface area contributed by atoms with Gasteiger partial charge in [0.05, 0.1) is 7.11 Å². The molecule has 1 aromatic carbocycles. The van der Waals surface area contributed by atoms with Crippen LogP contribution in [-0.2, 0) is 19.1 Å². The van der Waals surface area contributed by atoms with Crippen LogP contribution in [0, 0.1) is 11.6 Å². The first-order chi connectivity index (χ1) is 10.8. The van der Waals surface area contributed by atoms with Crippen LogP contribution in [-0.4, -0.2) is 42.7 Å². The Balaban J connectivity index is 3.14. The van der Waals surface area contributed by atoms with Crippen LogP contribution in [0.1, 0.15) is 11.6 Å². The number of benzene rings is 1. The number of esters is 1. The largest absolute Gasteiger partial charge is 0.479 e. The molecule has 7 nitrogen and oxygen atoms in total. The second-order valence-electron chi connectivity index (χ2n) is 4.28. The third-order valence-corrected chi connectivity index (χ3v) is 2.84. The van der Waals surface area contributed by atoms with Crippen molar-refractivity contribution in [2.45, 2.75) is 12.3 Å². The van der Waals surface area contributed by atoms with Gasteiger partial charge in [0.1, 0.15) is 17.2 Å². The minimum Gasteiger partial charge on any atom is -0.479 e. The summed E-state index contributed by atoms with van der Waals surface area (Å²) in [5, 5.41) is 21.0. The van der Waals surface area contributed by atoms with Gasteiger partial charge in [0.2, 0.25) is 0 Å². The molecule has 0 spiro atoms. The minimum atomic E-state index is -1.68. The predicted molar refractivity (Wildman–Crippen MR) is 73.0 cm³/mol. The van der Waals surface area contributed by atoms with Crippen molar-refractivity contribution in [3.63, 3.8) is 0 Å². The van der Waals surface area contributed by atoms with Crippen molar-refractivity contribution in [2.75, 3.05) is 14.2 Å². The third-order valence-electron chi connectivity index (χ3n) is 2.84. The molecule has 23 heavy (non-hydrogen) atoms. The van der Waals surface area contributed by atoms with E-state index in [1.807, 2.05) is 0 Å². The van der Waals surface area contributed by atoms with Crippen LogP contribution >= 0.6 is 0 Å². The fourth-order valence-corrected chi connectivity index (χ4v) is 1.68. The number of nitrogens with one attached hydrogen (secondary N) is 1. The number of aliphatic hydroxyl groups is 1. The number of rotatable bonds is 7. The van der Waals surface area contributed by atoms with Gasteiger partial charge in [0.25, 0.3) is 0 Å². The maximum absolute atomic E-state index is 13.7. The fourth-order valence-electron chi connectivity index (χ4n) is 1.68. The van der Waals surface area contributed by atoms with E-state index < -0.39 is 41.5 Å². The lowest BCUT2D eigenvalue weighted by Gasteiger charge is -2.16. The molecule has 0 aliphatic carbocycles. The molecule has 0 heterocycles. The Bertz CT molecular complexity index is 619. The average molecular weight is 331 g/mol. The van der Waals surface area contributed by atoms with Gasteiger partial charge in [0, 0.05) is 24.9 Å². The summed E-state index contributed by atoms with van der Waals surface area (Å²) < 4.78 is 35.6. The van der Waals surface area contributed by atoms with E-state index in [4.69, 9.17) is 5.11 Å². The van der Waals surface area contributed by atoms with Gasteiger partial charge in [-0.3, -0.25) is 0 Å². The van der Waals surface area contributed by atoms with Crippen molar-refractivity contribution in [2.24, 2.45) is 0 Å². The van der Waals surface area contributed by atoms with E-state index in [1.54, 1.807) is 0 Å². The number of carbonyl (C=O) groups excluding carboxylic acids is 1. The summed E-state index contributed by atoms with van der Waals surface area (Å²) >= 11 is 0. The molecule has 0 aliphatic rings. The van der Waals surface area contributed by atoms with E-state index in [-0.39, 0.29) is 5.56 Å². The van der Waals surface area contributed by atoms with Gasteiger partial charge in [-0.1, -0.05) is 6.07 Å². The molecule has 0 saturated heterocycles. The zero-order valence-corrected chi connectivity index (χ0v) is 12.2. The van der Waals surface area contributed by atoms with Crippen LogP contribution in [0.3, 0.4) is 0 Å². The molecule has 0 aliphatic heterocycles. The molecule has 0 fully saturated rings. The number of aliphatic carboxylic acids is 1. The van der Waals surface area contributed by atoms with E-state index in [1.165, 1.54) is 0 Å². The molecule has 1 rings (SSSR count). The lowest BCUT2D eigenvalue weighted by Crippen LogP contribution is -2.29. The smallest absolute Gasteiger partial charge is 0.340 e. The van der Waals surface area contributed by atoms with Crippen LogP contribution in [0.4, 0.5) is 8.78 Å². The summed E-state index contributed by atoms with van der Waals surface area (Å²) in [6, 6.07) is 0.751. The normalized spacial score (nSPS) is 14.0. The number of halogens is 2. The lowest BCUT2D eigenvalue weighted by atomic mass is 10.1. The van der Waals surface area contributed by atoms with Crippen LogP contribution < -0.4 is 5.32 Å². The summed E-state index contributed by atoms with van der Waals surface area (Å²) in [4.78, 5) is 22.8. The Morgan fingerprint density at radius 2 is 1.96 bits per heavy atom.